The van der Waals surface area contributed by atoms with E-state index < -0.39 is 0 Å². The Morgan fingerprint density at radius 1 is 0.833 bits per heavy atom. The summed E-state index contributed by atoms with van der Waals surface area (Å²) in [5.74, 6) is 0.574. The third-order valence-electron chi connectivity index (χ3n) is 5.66. The Hall–Kier alpha value is -2.90. The molecule has 2 aromatic rings. The summed E-state index contributed by atoms with van der Waals surface area (Å²) < 4.78 is 17.0. The number of rotatable bonds is 10. The van der Waals surface area contributed by atoms with Crippen LogP contribution < -0.4 is 15.4 Å². The lowest BCUT2D eigenvalue weighted by Gasteiger charge is -2.23. The minimum Gasteiger partial charge on any atom is -0.462 e. The van der Waals surface area contributed by atoms with Gasteiger partial charge in [0.1, 0.15) is 11.5 Å². The van der Waals surface area contributed by atoms with Gasteiger partial charge in [0, 0.05) is 28.6 Å². The van der Waals surface area contributed by atoms with E-state index in [0.717, 1.165) is 37.1 Å². The van der Waals surface area contributed by atoms with Gasteiger partial charge in [-0.3, -0.25) is 0 Å². The molecule has 2 N–H and O–H groups in total. The quantitative estimate of drug-likeness (QED) is 0.293. The van der Waals surface area contributed by atoms with E-state index in [4.69, 9.17) is 14.2 Å². The van der Waals surface area contributed by atoms with Crippen LogP contribution in [0.1, 0.15) is 86.2 Å². The van der Waals surface area contributed by atoms with Gasteiger partial charge in [-0.05, 0) is 97.8 Å². The van der Waals surface area contributed by atoms with Crippen LogP contribution >= 0.6 is 0 Å². The third-order valence-corrected chi connectivity index (χ3v) is 5.66. The van der Waals surface area contributed by atoms with Crippen LogP contribution in [0.2, 0.25) is 0 Å². The first-order valence-electron chi connectivity index (χ1n) is 12.7. The lowest BCUT2D eigenvalue weighted by atomic mass is 9.94. The molecule has 0 fully saturated rings. The lowest BCUT2D eigenvalue weighted by Crippen LogP contribution is -2.36. The molecule has 0 saturated heterocycles. The molecule has 1 aliphatic heterocycles. The zero-order valence-corrected chi connectivity index (χ0v) is 22.5. The van der Waals surface area contributed by atoms with Gasteiger partial charge in [0.25, 0.3) is 0 Å². The second-order valence-electron chi connectivity index (χ2n) is 11.2. The molecule has 0 atom stereocenters. The van der Waals surface area contributed by atoms with Gasteiger partial charge in [0.05, 0.1) is 24.3 Å². The van der Waals surface area contributed by atoms with E-state index in [2.05, 4.69) is 52.2 Å². The molecule has 196 valence electrons. The molecule has 0 spiro atoms. The van der Waals surface area contributed by atoms with Gasteiger partial charge >= 0.3 is 11.9 Å². The second-order valence-corrected chi connectivity index (χ2v) is 11.2. The summed E-state index contributed by atoms with van der Waals surface area (Å²) >= 11 is 0. The Kier molecular flexibility index (Phi) is 9.14. The Morgan fingerprint density at radius 3 is 2.06 bits per heavy atom. The summed E-state index contributed by atoms with van der Waals surface area (Å²) in [6, 6.07) is 10.7. The van der Waals surface area contributed by atoms with Crippen LogP contribution in [-0.2, 0) is 15.9 Å². The van der Waals surface area contributed by atoms with Crippen LogP contribution in [0.25, 0.3) is 0 Å². The lowest BCUT2D eigenvalue weighted by molar-refractivity contribution is 0.0488. The van der Waals surface area contributed by atoms with Crippen molar-refractivity contribution >= 4 is 11.9 Å². The van der Waals surface area contributed by atoms with Crippen LogP contribution in [0, 0.1) is 0 Å². The molecular weight excluding hydrogens is 456 g/mol. The maximum absolute atomic E-state index is 12.8. The highest BCUT2D eigenvalue weighted by Crippen LogP contribution is 2.38. The highest BCUT2D eigenvalue weighted by atomic mass is 16.5. The van der Waals surface area contributed by atoms with Gasteiger partial charge in [0.15, 0.2) is 0 Å². The molecule has 0 saturated carbocycles. The zero-order valence-electron chi connectivity index (χ0n) is 22.5. The number of esters is 2. The zero-order chi connectivity index (χ0) is 26.3. The van der Waals surface area contributed by atoms with Crippen LogP contribution in [-0.4, -0.2) is 49.3 Å². The van der Waals surface area contributed by atoms with Crippen LogP contribution in [0.15, 0.2) is 36.4 Å². The first kappa shape index (κ1) is 27.7. The number of ether oxygens (including phenoxy) is 3. The Balaban J connectivity index is 1.59. The topological polar surface area (TPSA) is 85.9 Å². The van der Waals surface area contributed by atoms with Crippen LogP contribution in [0.4, 0.5) is 0 Å². The normalized spacial score (nSPS) is 12.8. The molecule has 7 heteroatoms. The molecule has 3 rings (SSSR count). The third kappa shape index (κ3) is 8.35. The van der Waals surface area contributed by atoms with Crippen molar-refractivity contribution in [3.8, 4) is 11.5 Å². The largest absolute Gasteiger partial charge is 0.462 e. The molecule has 0 bridgehead atoms. The summed E-state index contributed by atoms with van der Waals surface area (Å²) in [5, 5.41) is 6.76. The number of carbonyl (C=O) groups is 2. The fourth-order valence-corrected chi connectivity index (χ4v) is 3.85. The summed E-state index contributed by atoms with van der Waals surface area (Å²) in [4.78, 5) is 25.4. The van der Waals surface area contributed by atoms with E-state index in [0.29, 0.717) is 42.3 Å². The molecule has 1 aliphatic rings. The van der Waals surface area contributed by atoms with Crippen molar-refractivity contribution in [2.24, 2.45) is 0 Å². The Morgan fingerprint density at radius 2 is 1.44 bits per heavy atom. The van der Waals surface area contributed by atoms with Crippen molar-refractivity contribution in [1.29, 1.82) is 0 Å². The van der Waals surface area contributed by atoms with Gasteiger partial charge in [-0.15, -0.1) is 0 Å². The first-order valence-corrected chi connectivity index (χ1v) is 12.7. The maximum Gasteiger partial charge on any atom is 0.338 e. The molecule has 0 amide bonds. The molecule has 0 aromatic heterocycles. The van der Waals surface area contributed by atoms with Crippen molar-refractivity contribution in [1.82, 2.24) is 10.6 Å². The monoisotopic (exact) mass is 496 g/mol. The van der Waals surface area contributed by atoms with Crippen molar-refractivity contribution in [2.75, 3.05) is 26.3 Å². The highest BCUT2D eigenvalue weighted by molar-refractivity contribution is 5.93. The molecule has 7 nitrogen and oxygen atoms in total. The average Bonchev–Trinajstić information content (AvgIpc) is 2.79. The predicted molar refractivity (Wildman–Crippen MR) is 141 cm³/mol. The van der Waals surface area contributed by atoms with Gasteiger partial charge in [-0.2, -0.15) is 0 Å². The number of carbonyl (C=O) groups excluding carboxylic acids is 2. The minimum atomic E-state index is -0.367. The molecule has 0 aliphatic carbocycles. The van der Waals surface area contributed by atoms with Crippen molar-refractivity contribution < 1.29 is 23.8 Å². The van der Waals surface area contributed by atoms with E-state index in [-0.39, 0.29) is 23.0 Å². The number of nitrogens with one attached hydrogen (secondary N) is 2. The van der Waals surface area contributed by atoms with Crippen molar-refractivity contribution in [3.05, 3.63) is 58.7 Å². The van der Waals surface area contributed by atoms with Crippen molar-refractivity contribution in [2.45, 2.75) is 71.9 Å². The second kappa shape index (κ2) is 11.9. The molecule has 1 heterocycles. The van der Waals surface area contributed by atoms with E-state index in [9.17, 15) is 9.59 Å². The van der Waals surface area contributed by atoms with Gasteiger partial charge in [-0.25, -0.2) is 9.59 Å². The highest BCUT2D eigenvalue weighted by Gasteiger charge is 2.24. The number of hydrogen-bond acceptors (Lipinski definition) is 7. The number of hydrogen-bond donors (Lipinski definition) is 2. The summed E-state index contributed by atoms with van der Waals surface area (Å²) in [6.07, 6.45) is 1.94. The SMILES string of the molecule is CC(C)(C)NCCCOC(=O)c1ccc2c(c1)Cc1c(cccc1C(=O)OCCCNC(C)(C)C)O2. The number of benzene rings is 2. The van der Waals surface area contributed by atoms with E-state index in [1.807, 2.05) is 6.07 Å². The van der Waals surface area contributed by atoms with E-state index in [1.54, 1.807) is 30.3 Å². The predicted octanol–water partition coefficient (Wildman–Crippen LogP) is 5.25. The Labute approximate surface area is 214 Å². The van der Waals surface area contributed by atoms with Crippen LogP contribution in [0.5, 0.6) is 11.5 Å². The fourth-order valence-electron chi connectivity index (χ4n) is 3.85. The summed E-state index contributed by atoms with van der Waals surface area (Å²) in [6.45, 7) is 14.8. The fraction of sp³-hybridized carbons (Fsp3) is 0.517. The maximum atomic E-state index is 12.8. The summed E-state index contributed by atoms with van der Waals surface area (Å²) in [5.41, 5.74) is 2.62. The molecule has 0 radical (unpaired) electrons. The smallest absolute Gasteiger partial charge is 0.338 e. The summed E-state index contributed by atoms with van der Waals surface area (Å²) in [7, 11) is 0. The van der Waals surface area contributed by atoms with Gasteiger partial charge in [-0.1, -0.05) is 6.07 Å². The van der Waals surface area contributed by atoms with Gasteiger partial charge < -0.3 is 24.8 Å². The molecular formula is C29H40N2O5. The van der Waals surface area contributed by atoms with E-state index >= 15 is 0 Å². The average molecular weight is 497 g/mol. The van der Waals surface area contributed by atoms with Crippen LogP contribution in [0.3, 0.4) is 0 Å². The van der Waals surface area contributed by atoms with E-state index in [1.165, 1.54) is 0 Å². The molecule has 0 unspecified atom stereocenters. The number of fused-ring (bicyclic) bond motifs is 2. The minimum absolute atomic E-state index is 0.0297. The standard InChI is InChI=1S/C29H40N2O5/c1-28(2,3)30-14-8-16-34-26(32)20-12-13-24-21(18-20)19-23-22(10-7-11-25(23)36-24)27(33)35-17-9-15-31-29(4,5)6/h7,10-13,18,30-31H,8-9,14-17,19H2,1-6H3. The first-order chi connectivity index (χ1) is 16.9. The van der Waals surface area contributed by atoms with Crippen molar-refractivity contribution in [3.63, 3.8) is 0 Å². The Bertz CT molecular complexity index is 1070. The molecule has 2 aromatic carbocycles. The van der Waals surface area contributed by atoms with Gasteiger partial charge in [0.2, 0.25) is 0 Å². The molecule has 36 heavy (non-hydrogen) atoms.